The van der Waals surface area contributed by atoms with Crippen LogP contribution in [-0.2, 0) is 30.0 Å². The van der Waals surface area contributed by atoms with E-state index >= 15 is 0 Å². The molecule has 6 heteroatoms. The molecule has 1 fully saturated rings. The summed E-state index contributed by atoms with van der Waals surface area (Å²) in [6, 6.07) is 10.0. The highest BCUT2D eigenvalue weighted by molar-refractivity contribution is 6.74. The zero-order chi connectivity index (χ0) is 19.4. The lowest BCUT2D eigenvalue weighted by Gasteiger charge is -2.37. The van der Waals surface area contributed by atoms with Crippen molar-refractivity contribution >= 4 is 8.32 Å². The third kappa shape index (κ3) is 5.15. The standard InChI is InChI=1S/C20H34O5Si/c1-20(2,3)26(6,7)24-14-16-17(21-4)18(22-5)19(25-16)23-13-15-11-9-8-10-12-15/h8-12,16-19H,13-14H2,1-7H3/t16-,17-,18-,19+/m1/s1. The molecule has 1 saturated heterocycles. The summed E-state index contributed by atoms with van der Waals surface area (Å²) in [7, 11) is 1.48. The van der Waals surface area contributed by atoms with Crippen LogP contribution >= 0.6 is 0 Å². The van der Waals surface area contributed by atoms with Crippen LogP contribution in [0.1, 0.15) is 26.3 Å². The van der Waals surface area contributed by atoms with E-state index < -0.39 is 14.6 Å². The molecule has 0 saturated carbocycles. The van der Waals surface area contributed by atoms with E-state index in [1.807, 2.05) is 30.3 Å². The molecule has 4 atom stereocenters. The summed E-state index contributed by atoms with van der Waals surface area (Å²) in [6.45, 7) is 12.1. The van der Waals surface area contributed by atoms with E-state index in [9.17, 15) is 0 Å². The Morgan fingerprint density at radius 1 is 1.00 bits per heavy atom. The van der Waals surface area contributed by atoms with E-state index in [2.05, 4.69) is 33.9 Å². The normalized spacial score (nSPS) is 27.0. The summed E-state index contributed by atoms with van der Waals surface area (Å²) in [5.74, 6) is 0. The number of benzene rings is 1. The Morgan fingerprint density at radius 3 is 2.15 bits per heavy atom. The van der Waals surface area contributed by atoms with Gasteiger partial charge in [0.2, 0.25) is 0 Å². The SMILES string of the molecule is CO[C@H]1[C@@H](OCc2ccccc2)O[C@H](CO[Si](C)(C)C(C)(C)C)[C@H]1OC. The number of methoxy groups -OCH3 is 2. The lowest BCUT2D eigenvalue weighted by molar-refractivity contribution is -0.180. The van der Waals surface area contributed by atoms with Gasteiger partial charge in [0.25, 0.3) is 0 Å². The molecule has 0 radical (unpaired) electrons. The zero-order valence-electron chi connectivity index (χ0n) is 17.2. The predicted molar refractivity (Wildman–Crippen MR) is 105 cm³/mol. The lowest BCUT2D eigenvalue weighted by atomic mass is 10.1. The fraction of sp³-hybridized carbons (Fsp3) is 0.700. The molecule has 0 unspecified atom stereocenters. The van der Waals surface area contributed by atoms with Crippen molar-refractivity contribution in [1.29, 1.82) is 0 Å². The second-order valence-electron chi connectivity index (χ2n) is 8.31. The quantitative estimate of drug-likeness (QED) is 0.637. The fourth-order valence-electron chi connectivity index (χ4n) is 2.75. The minimum absolute atomic E-state index is 0.151. The van der Waals surface area contributed by atoms with Crippen molar-refractivity contribution in [3.63, 3.8) is 0 Å². The molecule has 1 aliphatic heterocycles. The van der Waals surface area contributed by atoms with E-state index in [-0.39, 0.29) is 23.4 Å². The van der Waals surface area contributed by atoms with Crippen LogP contribution in [0.4, 0.5) is 0 Å². The predicted octanol–water partition coefficient (Wildman–Crippen LogP) is 3.98. The van der Waals surface area contributed by atoms with Crippen LogP contribution in [0, 0.1) is 0 Å². The Hall–Kier alpha value is -0.763. The molecule has 0 aromatic heterocycles. The van der Waals surface area contributed by atoms with Gasteiger partial charge < -0.3 is 23.4 Å². The zero-order valence-corrected chi connectivity index (χ0v) is 18.2. The maximum Gasteiger partial charge on any atom is 0.192 e. The van der Waals surface area contributed by atoms with E-state index in [0.717, 1.165) is 5.56 Å². The first-order chi connectivity index (χ1) is 12.2. The molecule has 5 nitrogen and oxygen atoms in total. The average molecular weight is 383 g/mol. The van der Waals surface area contributed by atoms with Gasteiger partial charge in [-0.05, 0) is 23.7 Å². The smallest absolute Gasteiger partial charge is 0.192 e. The third-order valence-corrected chi connectivity index (χ3v) is 9.98. The summed E-state index contributed by atoms with van der Waals surface area (Å²) >= 11 is 0. The molecular weight excluding hydrogens is 348 g/mol. The number of hydrogen-bond acceptors (Lipinski definition) is 5. The minimum atomic E-state index is -1.86. The highest BCUT2D eigenvalue weighted by Gasteiger charge is 2.47. The summed E-state index contributed by atoms with van der Waals surface area (Å²) in [5, 5.41) is 0.151. The van der Waals surface area contributed by atoms with Gasteiger partial charge >= 0.3 is 0 Å². The van der Waals surface area contributed by atoms with Gasteiger partial charge in [-0.25, -0.2) is 0 Å². The third-order valence-electron chi connectivity index (χ3n) is 5.48. The number of hydrogen-bond donors (Lipinski definition) is 0. The molecule has 26 heavy (non-hydrogen) atoms. The summed E-state index contributed by atoms with van der Waals surface area (Å²) in [4.78, 5) is 0. The molecule has 1 aromatic rings. The van der Waals surface area contributed by atoms with E-state index in [1.54, 1.807) is 14.2 Å². The van der Waals surface area contributed by atoms with Crippen LogP contribution in [-0.4, -0.2) is 53.7 Å². The van der Waals surface area contributed by atoms with Crippen molar-refractivity contribution in [3.05, 3.63) is 35.9 Å². The average Bonchev–Trinajstić information content (AvgIpc) is 2.94. The lowest BCUT2D eigenvalue weighted by Crippen LogP contribution is -2.45. The van der Waals surface area contributed by atoms with E-state index in [4.69, 9.17) is 23.4 Å². The number of rotatable bonds is 8. The molecule has 0 spiro atoms. The molecule has 0 amide bonds. The topological polar surface area (TPSA) is 46.2 Å². The van der Waals surface area contributed by atoms with Crippen molar-refractivity contribution in [1.82, 2.24) is 0 Å². The summed E-state index contributed by atoms with van der Waals surface area (Å²) in [6.07, 6.45) is -1.18. The van der Waals surface area contributed by atoms with Gasteiger partial charge in [-0.3, -0.25) is 0 Å². The highest BCUT2D eigenvalue weighted by atomic mass is 28.4. The molecule has 1 aliphatic rings. The van der Waals surface area contributed by atoms with Crippen LogP contribution in [0.25, 0.3) is 0 Å². The van der Waals surface area contributed by atoms with Gasteiger partial charge in [0, 0.05) is 14.2 Å². The Balaban J connectivity index is 1.99. The first-order valence-electron chi connectivity index (χ1n) is 9.20. The first-order valence-corrected chi connectivity index (χ1v) is 12.1. The Bertz CT molecular complexity index is 543. The van der Waals surface area contributed by atoms with Gasteiger partial charge in [0.15, 0.2) is 14.6 Å². The van der Waals surface area contributed by atoms with Gasteiger partial charge in [-0.2, -0.15) is 0 Å². The molecule has 148 valence electrons. The van der Waals surface area contributed by atoms with Crippen LogP contribution in [0.2, 0.25) is 18.1 Å². The summed E-state index contributed by atoms with van der Waals surface area (Å²) < 4.78 is 29.7. The molecule has 1 heterocycles. The van der Waals surface area contributed by atoms with Crippen LogP contribution in [0.5, 0.6) is 0 Å². The second kappa shape index (κ2) is 8.95. The van der Waals surface area contributed by atoms with Crippen LogP contribution in [0.15, 0.2) is 30.3 Å². The van der Waals surface area contributed by atoms with Crippen molar-refractivity contribution in [3.8, 4) is 0 Å². The maximum absolute atomic E-state index is 6.34. The molecule has 0 N–H and O–H groups in total. The highest BCUT2D eigenvalue weighted by Crippen LogP contribution is 2.37. The van der Waals surface area contributed by atoms with Gasteiger partial charge in [0.1, 0.15) is 18.3 Å². The van der Waals surface area contributed by atoms with Crippen molar-refractivity contribution in [2.45, 2.75) is 70.1 Å². The van der Waals surface area contributed by atoms with E-state index in [0.29, 0.717) is 13.2 Å². The second-order valence-corrected chi connectivity index (χ2v) is 13.1. The maximum atomic E-state index is 6.34. The fourth-order valence-corrected chi connectivity index (χ4v) is 3.77. The van der Waals surface area contributed by atoms with Gasteiger partial charge in [-0.1, -0.05) is 51.1 Å². The molecule has 1 aromatic carbocycles. The Morgan fingerprint density at radius 2 is 1.62 bits per heavy atom. The van der Waals surface area contributed by atoms with Crippen LogP contribution < -0.4 is 0 Å². The van der Waals surface area contributed by atoms with Crippen LogP contribution in [0.3, 0.4) is 0 Å². The van der Waals surface area contributed by atoms with Crippen molar-refractivity contribution in [2.24, 2.45) is 0 Å². The molecule has 0 bridgehead atoms. The van der Waals surface area contributed by atoms with Crippen molar-refractivity contribution < 1.29 is 23.4 Å². The molecule has 0 aliphatic carbocycles. The van der Waals surface area contributed by atoms with Gasteiger partial charge in [0.05, 0.1) is 13.2 Å². The Kier molecular flexibility index (Phi) is 7.41. The first kappa shape index (κ1) is 21.5. The molecule has 2 rings (SSSR count). The Labute approximate surface area is 159 Å². The minimum Gasteiger partial charge on any atom is -0.414 e. The van der Waals surface area contributed by atoms with Crippen molar-refractivity contribution in [2.75, 3.05) is 20.8 Å². The summed E-state index contributed by atoms with van der Waals surface area (Å²) in [5.41, 5.74) is 1.10. The number of ether oxygens (including phenoxy) is 4. The largest absolute Gasteiger partial charge is 0.414 e. The van der Waals surface area contributed by atoms with Gasteiger partial charge in [-0.15, -0.1) is 0 Å². The van der Waals surface area contributed by atoms with E-state index in [1.165, 1.54) is 0 Å². The monoisotopic (exact) mass is 382 g/mol. The molecular formula is C20H34O5Si.